The summed E-state index contributed by atoms with van der Waals surface area (Å²) in [6.07, 6.45) is 9.44. The minimum atomic E-state index is -0.754. The van der Waals surface area contributed by atoms with Gasteiger partial charge in [0, 0.05) is 68.4 Å². The highest BCUT2D eigenvalue weighted by atomic mass is 16.3. The number of fused-ring (bicyclic) bond motifs is 3. The third-order valence-electron chi connectivity index (χ3n) is 7.34. The Labute approximate surface area is 198 Å². The van der Waals surface area contributed by atoms with E-state index in [4.69, 9.17) is 0 Å². The number of aliphatic hydroxyl groups excluding tert-OH is 1. The van der Waals surface area contributed by atoms with Crippen LogP contribution in [-0.2, 0) is 29.6 Å². The molecule has 0 bridgehead atoms. The van der Waals surface area contributed by atoms with Gasteiger partial charge in [-0.2, -0.15) is 0 Å². The molecule has 1 saturated heterocycles. The van der Waals surface area contributed by atoms with E-state index in [0.29, 0.717) is 25.1 Å². The number of likely N-dealkylation sites (tertiary alicyclic amines) is 1. The van der Waals surface area contributed by atoms with E-state index >= 15 is 0 Å². The van der Waals surface area contributed by atoms with Gasteiger partial charge in [-0.1, -0.05) is 12.2 Å². The van der Waals surface area contributed by atoms with Gasteiger partial charge in [0.15, 0.2) is 0 Å². The average molecular weight is 466 g/mol. The standard InChI is InChI=1S/C25H31N5O4/c1-3-4-15-7-8-20-21-18(12-29(20)24(15)33)19(13-31)22(30(21)25(34)16-5-6-16)23(32)26-10-9-17-11-28(2)14-27-17/h3-4,7-8,11,14,16,18-19,21-22,31H,5-6,9-10,12-13H2,1-2H3,(H,26,32)/b4-3-/t18-,19-,21+,22-/m1/s1. The number of nitrogens with one attached hydrogen (secondary N) is 1. The van der Waals surface area contributed by atoms with Gasteiger partial charge in [-0.15, -0.1) is 0 Å². The van der Waals surface area contributed by atoms with E-state index < -0.39 is 12.0 Å². The van der Waals surface area contributed by atoms with Gasteiger partial charge in [0.25, 0.3) is 5.56 Å². The van der Waals surface area contributed by atoms with E-state index in [2.05, 4.69) is 10.3 Å². The maximum absolute atomic E-state index is 13.4. The lowest BCUT2D eigenvalue weighted by molar-refractivity contribution is -0.142. The number of pyridine rings is 1. The summed E-state index contributed by atoms with van der Waals surface area (Å²) in [7, 11) is 1.89. The van der Waals surface area contributed by atoms with Gasteiger partial charge in [0.1, 0.15) is 6.04 Å². The zero-order valence-corrected chi connectivity index (χ0v) is 19.6. The van der Waals surface area contributed by atoms with E-state index in [9.17, 15) is 19.5 Å². The lowest BCUT2D eigenvalue weighted by atomic mass is 9.88. The van der Waals surface area contributed by atoms with Crippen LogP contribution in [0, 0.1) is 17.8 Å². The first kappa shape index (κ1) is 22.6. The van der Waals surface area contributed by atoms with Crippen LogP contribution in [0.15, 0.2) is 35.5 Å². The summed E-state index contributed by atoms with van der Waals surface area (Å²) in [6.45, 7) is 2.43. The number of carbonyl (C=O) groups is 2. The fourth-order valence-electron chi connectivity index (χ4n) is 5.61. The summed E-state index contributed by atoms with van der Waals surface area (Å²) in [6, 6.07) is 2.54. The highest BCUT2D eigenvalue weighted by molar-refractivity contribution is 5.91. The van der Waals surface area contributed by atoms with E-state index in [0.717, 1.165) is 24.2 Å². The summed E-state index contributed by atoms with van der Waals surface area (Å²) in [5.74, 6) is -1.00. The van der Waals surface area contributed by atoms with Gasteiger partial charge in [-0.3, -0.25) is 14.4 Å². The number of aliphatic hydroxyl groups is 1. The second kappa shape index (κ2) is 8.87. The Hall–Kier alpha value is -3.20. The van der Waals surface area contributed by atoms with Crippen LogP contribution < -0.4 is 10.9 Å². The fourth-order valence-corrected chi connectivity index (χ4v) is 5.61. The lowest BCUT2D eigenvalue weighted by Crippen LogP contribution is -2.51. The predicted molar refractivity (Wildman–Crippen MR) is 125 cm³/mol. The Balaban J connectivity index is 1.44. The SMILES string of the molecule is C/C=C\c1ccc2n(c1=O)C[C@@H]1[C@@H](CO)[C@H](C(=O)NCCc3cn(C)cn3)N(C(=O)C3CC3)[C@H]21. The third-order valence-corrected chi connectivity index (χ3v) is 7.34. The molecule has 0 spiro atoms. The molecule has 1 saturated carbocycles. The number of carbonyl (C=O) groups excluding carboxylic acids is 2. The molecule has 4 atom stereocenters. The molecule has 3 aliphatic rings. The van der Waals surface area contributed by atoms with Crippen molar-refractivity contribution in [1.82, 2.24) is 24.3 Å². The Morgan fingerprint density at radius 3 is 2.74 bits per heavy atom. The van der Waals surface area contributed by atoms with Crippen molar-refractivity contribution in [2.75, 3.05) is 13.2 Å². The van der Waals surface area contributed by atoms with Crippen molar-refractivity contribution >= 4 is 17.9 Å². The largest absolute Gasteiger partial charge is 0.396 e. The van der Waals surface area contributed by atoms with E-state index in [1.165, 1.54) is 0 Å². The Morgan fingerprint density at radius 1 is 1.29 bits per heavy atom. The van der Waals surface area contributed by atoms with Crippen LogP contribution in [0.5, 0.6) is 0 Å². The highest BCUT2D eigenvalue weighted by Gasteiger charge is 2.58. The molecule has 34 heavy (non-hydrogen) atoms. The normalized spacial score (nSPS) is 25.6. The number of imidazole rings is 1. The minimum Gasteiger partial charge on any atom is -0.396 e. The second-order valence-electron chi connectivity index (χ2n) is 9.62. The number of allylic oxidation sites excluding steroid dienone is 1. The molecule has 2 N–H and O–H groups in total. The molecule has 180 valence electrons. The number of aryl methyl sites for hydroxylation is 1. The van der Waals surface area contributed by atoms with E-state index in [1.807, 2.05) is 36.9 Å². The molecule has 9 heteroatoms. The van der Waals surface area contributed by atoms with Crippen molar-refractivity contribution in [1.29, 1.82) is 0 Å². The van der Waals surface area contributed by atoms with E-state index in [-0.39, 0.29) is 41.9 Å². The summed E-state index contributed by atoms with van der Waals surface area (Å²) in [4.78, 5) is 45.9. The smallest absolute Gasteiger partial charge is 0.258 e. The molecule has 2 amide bonds. The topological polar surface area (TPSA) is 109 Å². The van der Waals surface area contributed by atoms with Gasteiger partial charge in [0.05, 0.1) is 18.1 Å². The molecule has 4 heterocycles. The second-order valence-corrected chi connectivity index (χ2v) is 9.62. The van der Waals surface area contributed by atoms with Crippen LogP contribution in [-0.4, -0.2) is 55.1 Å². The molecule has 0 unspecified atom stereocenters. The minimum absolute atomic E-state index is 0.0470. The van der Waals surface area contributed by atoms with Crippen LogP contribution in [0.25, 0.3) is 6.08 Å². The molecule has 2 aromatic heterocycles. The first-order valence-corrected chi connectivity index (χ1v) is 12.0. The Morgan fingerprint density at radius 2 is 2.09 bits per heavy atom. The van der Waals surface area contributed by atoms with Crippen LogP contribution in [0.1, 0.15) is 42.8 Å². The van der Waals surface area contributed by atoms with Crippen LogP contribution in [0.2, 0.25) is 0 Å². The molecule has 2 fully saturated rings. The van der Waals surface area contributed by atoms with Crippen molar-refractivity contribution in [3.63, 3.8) is 0 Å². The fraction of sp³-hybridized carbons (Fsp3) is 0.520. The van der Waals surface area contributed by atoms with Crippen molar-refractivity contribution in [2.45, 2.75) is 44.8 Å². The number of rotatable bonds is 7. The highest BCUT2D eigenvalue weighted by Crippen LogP contribution is 2.51. The first-order valence-electron chi connectivity index (χ1n) is 12.0. The average Bonchev–Trinajstić information content (AvgIpc) is 3.37. The number of hydrogen-bond acceptors (Lipinski definition) is 5. The van der Waals surface area contributed by atoms with Crippen molar-refractivity contribution < 1.29 is 14.7 Å². The predicted octanol–water partition coefficient (Wildman–Crippen LogP) is 0.874. The van der Waals surface area contributed by atoms with Gasteiger partial charge in [-0.05, 0) is 31.9 Å². The number of aromatic nitrogens is 3. The first-order chi connectivity index (χ1) is 16.4. The summed E-state index contributed by atoms with van der Waals surface area (Å²) >= 11 is 0. The molecular weight excluding hydrogens is 434 g/mol. The summed E-state index contributed by atoms with van der Waals surface area (Å²) < 4.78 is 3.57. The van der Waals surface area contributed by atoms with Crippen LogP contribution >= 0.6 is 0 Å². The quantitative estimate of drug-likeness (QED) is 0.631. The van der Waals surface area contributed by atoms with Crippen LogP contribution in [0.4, 0.5) is 0 Å². The van der Waals surface area contributed by atoms with Crippen molar-refractivity contribution in [2.24, 2.45) is 24.8 Å². The molecule has 0 aromatic carbocycles. The number of hydrogen-bond donors (Lipinski definition) is 2. The molecule has 5 rings (SSSR count). The zero-order valence-electron chi connectivity index (χ0n) is 19.6. The van der Waals surface area contributed by atoms with Gasteiger partial charge in [0.2, 0.25) is 11.8 Å². The molecule has 2 aliphatic heterocycles. The lowest BCUT2D eigenvalue weighted by Gasteiger charge is -2.31. The molecular formula is C25H31N5O4. The molecule has 1 aliphatic carbocycles. The summed E-state index contributed by atoms with van der Waals surface area (Å²) in [5, 5.41) is 13.3. The van der Waals surface area contributed by atoms with Crippen LogP contribution in [0.3, 0.4) is 0 Å². The third kappa shape index (κ3) is 3.77. The van der Waals surface area contributed by atoms with Gasteiger partial charge >= 0.3 is 0 Å². The molecule has 9 nitrogen and oxygen atoms in total. The van der Waals surface area contributed by atoms with Gasteiger partial charge in [-0.25, -0.2) is 4.98 Å². The van der Waals surface area contributed by atoms with Gasteiger partial charge < -0.3 is 24.5 Å². The molecule has 0 radical (unpaired) electrons. The molecule has 2 aromatic rings. The van der Waals surface area contributed by atoms with E-state index in [1.54, 1.807) is 27.9 Å². The number of nitrogens with zero attached hydrogens (tertiary/aromatic N) is 4. The monoisotopic (exact) mass is 465 g/mol. The van der Waals surface area contributed by atoms with Crippen molar-refractivity contribution in [3.8, 4) is 0 Å². The number of amides is 2. The summed E-state index contributed by atoms with van der Waals surface area (Å²) in [5.41, 5.74) is 2.12. The zero-order chi connectivity index (χ0) is 24.0. The van der Waals surface area contributed by atoms with Crippen molar-refractivity contribution in [3.05, 3.63) is 58.0 Å². The Kier molecular flexibility index (Phi) is 5.89. The maximum atomic E-state index is 13.4. The maximum Gasteiger partial charge on any atom is 0.258 e. The Bertz CT molecular complexity index is 1190.